The number of hydrogen-bond acceptors (Lipinski definition) is 5. The summed E-state index contributed by atoms with van der Waals surface area (Å²) in [5.74, 6) is -0.370. The van der Waals surface area contributed by atoms with Gasteiger partial charge in [-0.05, 0) is 30.7 Å². The standard InChI is InChI=1S/C13H18N2O4/c1-15-11-6-9(2-3-12(11)19-13(15)18)4-5-14-10(7-16)8-17/h2-3,6,10,14,16-17H,4-5,7-8H2,1H3. The Bertz CT molecular complexity index is 598. The van der Waals surface area contributed by atoms with Gasteiger partial charge in [-0.2, -0.15) is 0 Å². The van der Waals surface area contributed by atoms with Crippen LogP contribution in [0, 0.1) is 0 Å². The van der Waals surface area contributed by atoms with Crippen molar-refractivity contribution in [2.75, 3.05) is 19.8 Å². The molecule has 2 aromatic rings. The highest BCUT2D eigenvalue weighted by Crippen LogP contribution is 2.14. The normalized spacial score (nSPS) is 11.6. The monoisotopic (exact) mass is 266 g/mol. The first kappa shape index (κ1) is 13.8. The molecule has 19 heavy (non-hydrogen) atoms. The molecule has 0 amide bonds. The van der Waals surface area contributed by atoms with E-state index in [0.29, 0.717) is 12.1 Å². The highest BCUT2D eigenvalue weighted by molar-refractivity contribution is 5.73. The summed E-state index contributed by atoms with van der Waals surface area (Å²) in [4.78, 5) is 11.4. The molecule has 6 nitrogen and oxygen atoms in total. The van der Waals surface area contributed by atoms with E-state index in [1.807, 2.05) is 12.1 Å². The summed E-state index contributed by atoms with van der Waals surface area (Å²) < 4.78 is 6.53. The van der Waals surface area contributed by atoms with Crippen LogP contribution in [0.15, 0.2) is 27.4 Å². The number of rotatable bonds is 6. The summed E-state index contributed by atoms with van der Waals surface area (Å²) in [7, 11) is 1.67. The zero-order valence-corrected chi connectivity index (χ0v) is 10.8. The lowest BCUT2D eigenvalue weighted by molar-refractivity contribution is 0.171. The third-order valence-corrected chi connectivity index (χ3v) is 3.14. The molecule has 1 aromatic heterocycles. The number of nitrogens with zero attached hydrogens (tertiary/aromatic N) is 1. The van der Waals surface area contributed by atoms with Crippen LogP contribution >= 0.6 is 0 Å². The maximum Gasteiger partial charge on any atom is 0.419 e. The molecule has 0 fully saturated rings. The first-order valence-electron chi connectivity index (χ1n) is 6.19. The van der Waals surface area contributed by atoms with Crippen LogP contribution in [0.4, 0.5) is 0 Å². The van der Waals surface area contributed by atoms with Crippen LogP contribution < -0.4 is 11.1 Å². The number of fused-ring (bicyclic) bond motifs is 1. The SMILES string of the molecule is Cn1c(=O)oc2ccc(CCNC(CO)CO)cc21. The Kier molecular flexibility index (Phi) is 4.36. The van der Waals surface area contributed by atoms with Gasteiger partial charge in [0.1, 0.15) is 0 Å². The summed E-state index contributed by atoms with van der Waals surface area (Å²) >= 11 is 0. The van der Waals surface area contributed by atoms with Crippen molar-refractivity contribution in [2.45, 2.75) is 12.5 Å². The minimum atomic E-state index is -0.370. The van der Waals surface area contributed by atoms with E-state index in [2.05, 4.69) is 5.32 Å². The summed E-state index contributed by atoms with van der Waals surface area (Å²) in [5.41, 5.74) is 2.40. The van der Waals surface area contributed by atoms with Crippen molar-refractivity contribution in [3.8, 4) is 0 Å². The molecule has 0 atom stereocenters. The lowest BCUT2D eigenvalue weighted by Crippen LogP contribution is -2.36. The van der Waals surface area contributed by atoms with E-state index in [1.165, 1.54) is 4.57 Å². The van der Waals surface area contributed by atoms with Crippen LogP contribution in [-0.2, 0) is 13.5 Å². The lowest BCUT2D eigenvalue weighted by atomic mass is 10.1. The largest absolute Gasteiger partial charge is 0.419 e. The van der Waals surface area contributed by atoms with Crippen molar-refractivity contribution in [1.82, 2.24) is 9.88 Å². The Morgan fingerprint density at radius 3 is 2.79 bits per heavy atom. The van der Waals surface area contributed by atoms with Gasteiger partial charge in [-0.1, -0.05) is 6.07 Å². The highest BCUT2D eigenvalue weighted by Gasteiger charge is 2.07. The van der Waals surface area contributed by atoms with Crippen LogP contribution in [0.2, 0.25) is 0 Å². The van der Waals surface area contributed by atoms with Crippen molar-refractivity contribution in [3.63, 3.8) is 0 Å². The van der Waals surface area contributed by atoms with Crippen molar-refractivity contribution < 1.29 is 14.6 Å². The second-order valence-electron chi connectivity index (χ2n) is 4.50. The van der Waals surface area contributed by atoms with Gasteiger partial charge in [-0.25, -0.2) is 4.79 Å². The molecule has 0 saturated heterocycles. The quantitative estimate of drug-likeness (QED) is 0.663. The molecule has 0 aliphatic rings. The Labute approximate surface area is 110 Å². The molecular formula is C13H18N2O4. The molecule has 0 radical (unpaired) electrons. The number of nitrogens with one attached hydrogen (secondary N) is 1. The first-order valence-corrected chi connectivity index (χ1v) is 6.19. The predicted octanol–water partition coefficient (Wildman–Crippen LogP) is -0.383. The summed E-state index contributed by atoms with van der Waals surface area (Å²) in [5, 5.41) is 20.9. The zero-order valence-electron chi connectivity index (χ0n) is 10.8. The number of hydrogen-bond donors (Lipinski definition) is 3. The molecule has 0 aliphatic heterocycles. The van der Waals surface area contributed by atoms with E-state index < -0.39 is 0 Å². The van der Waals surface area contributed by atoms with Crippen LogP contribution in [-0.4, -0.2) is 40.6 Å². The number of aromatic nitrogens is 1. The Morgan fingerprint density at radius 1 is 1.37 bits per heavy atom. The highest BCUT2D eigenvalue weighted by atomic mass is 16.4. The maximum atomic E-state index is 11.4. The van der Waals surface area contributed by atoms with Crippen molar-refractivity contribution in [2.24, 2.45) is 7.05 Å². The molecule has 104 valence electrons. The van der Waals surface area contributed by atoms with E-state index in [9.17, 15) is 4.79 Å². The topological polar surface area (TPSA) is 87.6 Å². The van der Waals surface area contributed by atoms with Gasteiger partial charge in [-0.15, -0.1) is 0 Å². The van der Waals surface area contributed by atoms with Gasteiger partial charge in [0.15, 0.2) is 5.58 Å². The third kappa shape index (κ3) is 3.04. The minimum absolute atomic E-state index is 0.0915. The van der Waals surface area contributed by atoms with E-state index in [4.69, 9.17) is 14.6 Å². The molecule has 0 saturated carbocycles. The van der Waals surface area contributed by atoms with E-state index >= 15 is 0 Å². The first-order chi connectivity index (χ1) is 9.15. The minimum Gasteiger partial charge on any atom is -0.408 e. The maximum absolute atomic E-state index is 11.4. The predicted molar refractivity (Wildman–Crippen MR) is 71.1 cm³/mol. The van der Waals surface area contributed by atoms with Gasteiger partial charge in [0.05, 0.1) is 24.8 Å². The van der Waals surface area contributed by atoms with E-state index in [1.54, 1.807) is 13.1 Å². The second-order valence-corrected chi connectivity index (χ2v) is 4.50. The molecule has 0 unspecified atom stereocenters. The van der Waals surface area contributed by atoms with Gasteiger partial charge in [-0.3, -0.25) is 4.57 Å². The average molecular weight is 266 g/mol. The van der Waals surface area contributed by atoms with Crippen LogP contribution in [0.1, 0.15) is 5.56 Å². The number of aliphatic hydroxyl groups excluding tert-OH is 2. The van der Waals surface area contributed by atoms with Crippen molar-refractivity contribution in [3.05, 3.63) is 34.3 Å². The summed E-state index contributed by atoms with van der Waals surface area (Å²) in [6.07, 6.45) is 0.742. The second kappa shape index (κ2) is 6.01. The molecule has 1 heterocycles. The lowest BCUT2D eigenvalue weighted by Gasteiger charge is -2.12. The fraction of sp³-hybridized carbons (Fsp3) is 0.462. The third-order valence-electron chi connectivity index (χ3n) is 3.14. The van der Waals surface area contributed by atoms with E-state index in [-0.39, 0.29) is 25.0 Å². The molecular weight excluding hydrogens is 248 g/mol. The molecule has 6 heteroatoms. The van der Waals surface area contributed by atoms with Crippen molar-refractivity contribution >= 4 is 11.1 Å². The van der Waals surface area contributed by atoms with Crippen LogP contribution in [0.5, 0.6) is 0 Å². The molecule has 1 aromatic carbocycles. The van der Waals surface area contributed by atoms with Crippen LogP contribution in [0.25, 0.3) is 11.1 Å². The number of aryl methyl sites for hydroxylation is 1. The molecule has 2 rings (SSSR count). The molecule has 0 bridgehead atoms. The Balaban J connectivity index is 2.05. The molecule has 0 aliphatic carbocycles. The van der Waals surface area contributed by atoms with Gasteiger partial charge < -0.3 is 19.9 Å². The Hall–Kier alpha value is -1.63. The fourth-order valence-electron chi connectivity index (χ4n) is 1.94. The van der Waals surface area contributed by atoms with E-state index in [0.717, 1.165) is 17.5 Å². The number of benzene rings is 1. The van der Waals surface area contributed by atoms with Gasteiger partial charge >= 0.3 is 5.76 Å². The average Bonchev–Trinajstić information content (AvgIpc) is 2.71. The summed E-state index contributed by atoms with van der Waals surface area (Å²) in [6.45, 7) is 0.459. The fourth-order valence-corrected chi connectivity index (χ4v) is 1.94. The number of aliphatic hydroxyl groups is 2. The van der Waals surface area contributed by atoms with Gasteiger partial charge in [0.25, 0.3) is 0 Å². The van der Waals surface area contributed by atoms with Gasteiger partial charge in [0, 0.05) is 7.05 Å². The molecule has 3 N–H and O–H groups in total. The summed E-state index contributed by atoms with van der Waals surface area (Å²) in [6, 6.07) is 5.30. The Morgan fingerprint density at radius 2 is 2.11 bits per heavy atom. The zero-order chi connectivity index (χ0) is 13.8. The van der Waals surface area contributed by atoms with Crippen LogP contribution in [0.3, 0.4) is 0 Å². The molecule has 0 spiro atoms. The van der Waals surface area contributed by atoms with Crippen molar-refractivity contribution in [1.29, 1.82) is 0 Å². The smallest absolute Gasteiger partial charge is 0.408 e. The van der Waals surface area contributed by atoms with Gasteiger partial charge in [0.2, 0.25) is 0 Å². The number of oxazole rings is 1.